The molecule has 0 fully saturated rings. The maximum absolute atomic E-state index is 12.8. The highest BCUT2D eigenvalue weighted by atomic mass is 35.5. The van der Waals surface area contributed by atoms with E-state index in [9.17, 15) is 13.2 Å². The maximum Gasteiger partial charge on any atom is 0.317 e. The van der Waals surface area contributed by atoms with Crippen molar-refractivity contribution in [1.82, 2.24) is 10.2 Å². The molecule has 0 amide bonds. The van der Waals surface area contributed by atoms with Gasteiger partial charge in [-0.2, -0.15) is 0 Å². The molecular weight excluding hydrogens is 416 g/mol. The highest BCUT2D eigenvalue weighted by Crippen LogP contribution is 2.27. The first-order valence-electron chi connectivity index (χ1n) is 8.68. The summed E-state index contributed by atoms with van der Waals surface area (Å²) in [5.74, 6) is 0.149. The lowest BCUT2D eigenvalue weighted by Gasteiger charge is -2.11. The van der Waals surface area contributed by atoms with Crippen molar-refractivity contribution < 1.29 is 17.6 Å². The number of rotatable bonds is 7. The van der Waals surface area contributed by atoms with Crippen LogP contribution in [0.1, 0.15) is 23.7 Å². The molecule has 0 saturated heterocycles. The van der Waals surface area contributed by atoms with Gasteiger partial charge in [-0.05, 0) is 42.5 Å². The zero-order valence-electron chi connectivity index (χ0n) is 16.0. The van der Waals surface area contributed by atoms with Gasteiger partial charge >= 0.3 is 6.01 Å². The molecular formula is C19H19ClN4O4S. The summed E-state index contributed by atoms with van der Waals surface area (Å²) in [5.41, 5.74) is 1.26. The molecule has 1 aromatic heterocycles. The number of hydrogen-bond acceptors (Lipinski definition) is 7. The molecule has 0 atom stereocenters. The second-order valence-electron chi connectivity index (χ2n) is 6.39. The fraction of sp³-hybridized carbons (Fsp3) is 0.211. The van der Waals surface area contributed by atoms with E-state index in [1.807, 2.05) is 0 Å². The summed E-state index contributed by atoms with van der Waals surface area (Å²) in [6, 6.07) is 11.0. The van der Waals surface area contributed by atoms with Gasteiger partial charge in [0.05, 0.1) is 5.02 Å². The first-order chi connectivity index (χ1) is 13.7. The van der Waals surface area contributed by atoms with Crippen LogP contribution in [0.5, 0.6) is 0 Å². The topological polar surface area (TPSA) is 105 Å². The van der Waals surface area contributed by atoms with Crippen LogP contribution in [0, 0.1) is 0 Å². The first kappa shape index (κ1) is 20.8. The summed E-state index contributed by atoms with van der Waals surface area (Å²) in [4.78, 5) is 13.4. The zero-order valence-corrected chi connectivity index (χ0v) is 17.6. The van der Waals surface area contributed by atoms with Crippen LogP contribution in [0.4, 0.5) is 11.7 Å². The molecule has 3 rings (SSSR count). The van der Waals surface area contributed by atoms with Gasteiger partial charge in [0.15, 0.2) is 5.78 Å². The van der Waals surface area contributed by atoms with Crippen molar-refractivity contribution in [3.05, 3.63) is 53.1 Å². The largest absolute Gasteiger partial charge is 0.403 e. The summed E-state index contributed by atoms with van der Waals surface area (Å²) < 4.78 is 33.5. The highest BCUT2D eigenvalue weighted by molar-refractivity contribution is 7.92. The Morgan fingerprint density at radius 3 is 2.41 bits per heavy atom. The summed E-state index contributed by atoms with van der Waals surface area (Å²) >= 11 is 6.07. The van der Waals surface area contributed by atoms with Gasteiger partial charge in [0.2, 0.25) is 5.89 Å². The Labute approximate surface area is 173 Å². The quantitative estimate of drug-likeness (QED) is 0.563. The molecule has 1 N–H and O–H groups in total. The van der Waals surface area contributed by atoms with E-state index in [2.05, 4.69) is 14.9 Å². The summed E-state index contributed by atoms with van der Waals surface area (Å²) in [7, 11) is -0.423. The second-order valence-corrected chi connectivity index (χ2v) is 8.45. The molecule has 8 nitrogen and oxygen atoms in total. The summed E-state index contributed by atoms with van der Waals surface area (Å²) in [6.07, 6.45) is 0.265. The van der Waals surface area contributed by atoms with E-state index >= 15 is 0 Å². The number of sulfonamides is 1. The van der Waals surface area contributed by atoms with Crippen LogP contribution in [-0.2, 0) is 10.0 Å². The van der Waals surface area contributed by atoms with E-state index < -0.39 is 10.0 Å². The molecule has 2 aromatic carbocycles. The molecule has 29 heavy (non-hydrogen) atoms. The van der Waals surface area contributed by atoms with Gasteiger partial charge in [0.1, 0.15) is 4.90 Å². The van der Waals surface area contributed by atoms with Crippen LogP contribution in [0.15, 0.2) is 51.8 Å². The van der Waals surface area contributed by atoms with Crippen LogP contribution < -0.4 is 9.62 Å². The van der Waals surface area contributed by atoms with Crippen molar-refractivity contribution in [2.45, 2.75) is 18.2 Å². The number of aromatic nitrogens is 2. The number of nitrogens with one attached hydrogen (secondary N) is 1. The number of hydrogen-bond donors (Lipinski definition) is 1. The third-order valence-corrected chi connectivity index (χ3v) is 5.91. The smallest absolute Gasteiger partial charge is 0.317 e. The molecule has 0 bridgehead atoms. The van der Waals surface area contributed by atoms with Gasteiger partial charge in [0.25, 0.3) is 10.0 Å². The van der Waals surface area contributed by atoms with E-state index in [0.29, 0.717) is 28.7 Å². The normalized spacial score (nSPS) is 11.3. The Bertz CT molecular complexity index is 1140. The van der Waals surface area contributed by atoms with Gasteiger partial charge < -0.3 is 9.32 Å². The van der Waals surface area contributed by atoms with E-state index in [-0.39, 0.29) is 22.1 Å². The highest BCUT2D eigenvalue weighted by Gasteiger charge is 2.20. The van der Waals surface area contributed by atoms with E-state index in [4.69, 9.17) is 16.0 Å². The summed E-state index contributed by atoms with van der Waals surface area (Å²) in [6.45, 7) is 1.70. The van der Waals surface area contributed by atoms with Gasteiger partial charge in [-0.25, -0.2) is 8.42 Å². The SMILES string of the molecule is CCC(=O)c1ccc(Cl)c(S(=O)(=O)Nc2ccc(-c3nnc(N(C)C)o3)cc2)c1. The van der Waals surface area contributed by atoms with Crippen LogP contribution in [0.3, 0.4) is 0 Å². The third-order valence-electron chi connectivity index (χ3n) is 4.04. The first-order valence-corrected chi connectivity index (χ1v) is 10.5. The average Bonchev–Trinajstić information content (AvgIpc) is 3.18. The molecule has 0 aliphatic rings. The molecule has 1 heterocycles. The molecule has 0 aliphatic heterocycles. The Morgan fingerprint density at radius 2 is 1.83 bits per heavy atom. The minimum atomic E-state index is -3.99. The fourth-order valence-electron chi connectivity index (χ4n) is 2.49. The summed E-state index contributed by atoms with van der Waals surface area (Å²) in [5, 5.41) is 7.90. The van der Waals surface area contributed by atoms with Crippen molar-refractivity contribution in [3.8, 4) is 11.5 Å². The lowest BCUT2D eigenvalue weighted by molar-refractivity contribution is 0.0988. The Hall–Kier alpha value is -2.91. The molecule has 0 unspecified atom stereocenters. The molecule has 10 heteroatoms. The third kappa shape index (κ3) is 4.57. The van der Waals surface area contributed by atoms with Crippen molar-refractivity contribution in [1.29, 1.82) is 0 Å². The number of anilines is 2. The molecule has 0 saturated carbocycles. The number of carbonyl (C=O) groups excluding carboxylic acids is 1. The van der Waals surface area contributed by atoms with Gasteiger partial charge in [-0.15, -0.1) is 5.10 Å². The number of carbonyl (C=O) groups is 1. The van der Waals surface area contributed by atoms with E-state index in [1.165, 1.54) is 18.2 Å². The zero-order chi connectivity index (χ0) is 21.2. The Balaban J connectivity index is 1.84. The lowest BCUT2D eigenvalue weighted by atomic mass is 10.1. The predicted octanol–water partition coefficient (Wildman–Crippen LogP) is 3.85. The molecule has 0 radical (unpaired) electrons. The number of nitrogens with zero attached hydrogens (tertiary/aromatic N) is 3. The molecule has 3 aromatic rings. The lowest BCUT2D eigenvalue weighted by Crippen LogP contribution is -2.14. The number of ketones is 1. The van der Waals surface area contributed by atoms with E-state index in [0.717, 1.165) is 0 Å². The fourth-order valence-corrected chi connectivity index (χ4v) is 4.08. The van der Waals surface area contributed by atoms with Crippen LogP contribution in [-0.4, -0.2) is 38.5 Å². The van der Waals surface area contributed by atoms with Crippen molar-refractivity contribution in [2.75, 3.05) is 23.7 Å². The molecule has 0 spiro atoms. The van der Waals surface area contributed by atoms with Crippen molar-refractivity contribution in [3.63, 3.8) is 0 Å². The molecule has 0 aliphatic carbocycles. The van der Waals surface area contributed by atoms with Crippen molar-refractivity contribution >= 4 is 39.1 Å². The number of Topliss-reactive ketones (excluding diaryl/α,β-unsaturated/α-hetero) is 1. The van der Waals surface area contributed by atoms with Gasteiger partial charge in [-0.3, -0.25) is 9.52 Å². The monoisotopic (exact) mass is 434 g/mol. The van der Waals surface area contributed by atoms with Crippen LogP contribution in [0.25, 0.3) is 11.5 Å². The Kier molecular flexibility index (Phi) is 5.90. The van der Waals surface area contributed by atoms with Crippen molar-refractivity contribution in [2.24, 2.45) is 0 Å². The van der Waals surface area contributed by atoms with Gasteiger partial charge in [0, 0.05) is 37.3 Å². The minimum absolute atomic E-state index is 0.0313. The van der Waals surface area contributed by atoms with Crippen LogP contribution in [0.2, 0.25) is 5.02 Å². The van der Waals surface area contributed by atoms with Gasteiger partial charge in [-0.1, -0.05) is 23.6 Å². The second kappa shape index (κ2) is 8.22. The number of benzene rings is 2. The maximum atomic E-state index is 12.8. The standard InChI is InChI=1S/C19H19ClN4O4S/c1-4-16(25)13-7-10-15(20)17(11-13)29(26,27)23-14-8-5-12(6-9-14)18-21-22-19(28-18)24(2)3/h5-11,23H,4H2,1-3H3. The average molecular weight is 435 g/mol. The minimum Gasteiger partial charge on any atom is -0.403 e. The Morgan fingerprint density at radius 1 is 1.14 bits per heavy atom. The molecule has 152 valence electrons. The van der Waals surface area contributed by atoms with E-state index in [1.54, 1.807) is 50.2 Å². The number of halogens is 1. The predicted molar refractivity (Wildman–Crippen MR) is 111 cm³/mol. The van der Waals surface area contributed by atoms with Crippen LogP contribution >= 0.6 is 11.6 Å².